The smallest absolute Gasteiger partial charge is 0.150 e. The maximum absolute atomic E-state index is 10.6. The lowest BCUT2D eigenvalue weighted by Gasteiger charge is -2.22. The average Bonchev–Trinajstić information content (AvgIpc) is 2.64. The summed E-state index contributed by atoms with van der Waals surface area (Å²) in [4.78, 5) is 10.6. The van der Waals surface area contributed by atoms with E-state index in [1.54, 1.807) is 12.1 Å². The van der Waals surface area contributed by atoms with Crippen LogP contribution in [-0.2, 0) is 6.42 Å². The maximum Gasteiger partial charge on any atom is 0.150 e. The molecule has 0 spiro atoms. The van der Waals surface area contributed by atoms with Crippen LogP contribution in [0.3, 0.4) is 0 Å². The molecule has 1 fully saturated rings. The monoisotopic (exact) mass is 308 g/mol. The highest BCUT2D eigenvalue weighted by Crippen LogP contribution is 2.32. The van der Waals surface area contributed by atoms with Gasteiger partial charge in [0.15, 0.2) is 0 Å². The summed E-state index contributed by atoms with van der Waals surface area (Å²) in [7, 11) is 0. The topological polar surface area (TPSA) is 26.3 Å². The van der Waals surface area contributed by atoms with Crippen LogP contribution in [0.4, 0.5) is 0 Å². The molecule has 0 atom stereocenters. The van der Waals surface area contributed by atoms with E-state index in [4.69, 9.17) is 4.74 Å². The van der Waals surface area contributed by atoms with E-state index in [9.17, 15) is 4.79 Å². The summed E-state index contributed by atoms with van der Waals surface area (Å²) < 4.78 is 5.74. The Morgan fingerprint density at radius 2 is 1.61 bits per heavy atom. The second kappa shape index (κ2) is 7.96. The van der Waals surface area contributed by atoms with Crippen molar-refractivity contribution in [1.82, 2.24) is 0 Å². The molecule has 1 aliphatic rings. The van der Waals surface area contributed by atoms with Gasteiger partial charge in [0.05, 0.1) is 6.61 Å². The first kappa shape index (κ1) is 15.8. The van der Waals surface area contributed by atoms with Crippen LogP contribution >= 0.6 is 0 Å². The van der Waals surface area contributed by atoms with Crippen LogP contribution in [0.1, 0.15) is 59.5 Å². The van der Waals surface area contributed by atoms with Gasteiger partial charge in [-0.3, -0.25) is 4.79 Å². The molecule has 1 aliphatic carbocycles. The van der Waals surface area contributed by atoms with Gasteiger partial charge >= 0.3 is 0 Å². The van der Waals surface area contributed by atoms with Gasteiger partial charge in [0.2, 0.25) is 0 Å². The van der Waals surface area contributed by atoms with E-state index < -0.39 is 0 Å². The molecule has 120 valence electrons. The van der Waals surface area contributed by atoms with E-state index >= 15 is 0 Å². The SMILES string of the molecule is O=Cc1ccc(OCCc2ccc(C3CCCCC3)cc2)cc1. The highest BCUT2D eigenvalue weighted by molar-refractivity contribution is 5.74. The fourth-order valence-electron chi connectivity index (χ4n) is 3.32. The van der Waals surface area contributed by atoms with Crippen LogP contribution in [0.5, 0.6) is 5.75 Å². The zero-order chi connectivity index (χ0) is 15.9. The van der Waals surface area contributed by atoms with E-state index in [1.807, 2.05) is 12.1 Å². The molecule has 0 amide bonds. The molecule has 0 heterocycles. The predicted molar refractivity (Wildman–Crippen MR) is 93.3 cm³/mol. The quantitative estimate of drug-likeness (QED) is 0.688. The Morgan fingerprint density at radius 1 is 0.913 bits per heavy atom. The van der Waals surface area contributed by atoms with Crippen molar-refractivity contribution in [3.8, 4) is 5.75 Å². The van der Waals surface area contributed by atoms with E-state index in [2.05, 4.69) is 24.3 Å². The molecule has 2 aromatic carbocycles. The molecule has 0 N–H and O–H groups in total. The number of carbonyl (C=O) groups excluding carboxylic acids is 1. The van der Waals surface area contributed by atoms with Crippen LogP contribution in [0.2, 0.25) is 0 Å². The van der Waals surface area contributed by atoms with Gasteiger partial charge in [0.25, 0.3) is 0 Å². The first-order chi connectivity index (χ1) is 11.3. The number of aldehydes is 1. The molecule has 3 rings (SSSR count). The number of benzene rings is 2. The summed E-state index contributed by atoms with van der Waals surface area (Å²) in [6, 6.07) is 16.3. The zero-order valence-electron chi connectivity index (χ0n) is 13.5. The minimum atomic E-state index is 0.656. The third-order valence-corrected chi connectivity index (χ3v) is 4.73. The molecular weight excluding hydrogens is 284 g/mol. The first-order valence-electron chi connectivity index (χ1n) is 8.62. The molecule has 23 heavy (non-hydrogen) atoms. The van der Waals surface area contributed by atoms with Crippen molar-refractivity contribution >= 4 is 6.29 Å². The first-order valence-corrected chi connectivity index (χ1v) is 8.62. The molecule has 0 aliphatic heterocycles. The highest BCUT2D eigenvalue weighted by Gasteiger charge is 2.14. The third kappa shape index (κ3) is 4.44. The van der Waals surface area contributed by atoms with Gasteiger partial charge in [-0.1, -0.05) is 43.5 Å². The normalized spacial score (nSPS) is 15.3. The van der Waals surface area contributed by atoms with Crippen molar-refractivity contribution in [3.63, 3.8) is 0 Å². The van der Waals surface area contributed by atoms with Crippen LogP contribution in [0.25, 0.3) is 0 Å². The van der Waals surface area contributed by atoms with Crippen molar-refractivity contribution in [1.29, 1.82) is 0 Å². The van der Waals surface area contributed by atoms with Gasteiger partial charge in [-0.2, -0.15) is 0 Å². The maximum atomic E-state index is 10.6. The Kier molecular flexibility index (Phi) is 5.46. The number of ether oxygens (including phenoxy) is 1. The van der Waals surface area contributed by atoms with Crippen molar-refractivity contribution < 1.29 is 9.53 Å². The van der Waals surface area contributed by atoms with Gasteiger partial charge in [0, 0.05) is 12.0 Å². The predicted octanol–water partition coefficient (Wildman–Crippen LogP) is 5.17. The summed E-state index contributed by atoms with van der Waals surface area (Å²) in [5, 5.41) is 0. The molecule has 1 saturated carbocycles. The lowest BCUT2D eigenvalue weighted by Crippen LogP contribution is -2.05. The summed E-state index contributed by atoms with van der Waals surface area (Å²) in [6.45, 7) is 0.656. The summed E-state index contributed by atoms with van der Waals surface area (Å²) in [6.07, 6.45) is 8.60. The standard InChI is InChI=1S/C21H24O2/c22-16-18-8-12-21(13-9-18)23-15-14-17-6-10-20(11-7-17)19-4-2-1-3-5-19/h6-13,16,19H,1-5,14-15H2. The molecular formula is C21H24O2. The van der Waals surface area contributed by atoms with E-state index in [0.717, 1.165) is 24.4 Å². The second-order valence-corrected chi connectivity index (χ2v) is 6.36. The number of hydrogen-bond acceptors (Lipinski definition) is 2. The summed E-state index contributed by atoms with van der Waals surface area (Å²) in [5.74, 6) is 1.58. The fraction of sp³-hybridized carbons (Fsp3) is 0.381. The van der Waals surface area contributed by atoms with Crippen LogP contribution in [0.15, 0.2) is 48.5 Å². The minimum absolute atomic E-state index is 0.656. The van der Waals surface area contributed by atoms with Gasteiger partial charge in [-0.25, -0.2) is 0 Å². The Hall–Kier alpha value is -2.09. The minimum Gasteiger partial charge on any atom is -0.493 e. The molecule has 0 saturated heterocycles. The van der Waals surface area contributed by atoms with E-state index in [0.29, 0.717) is 12.2 Å². The van der Waals surface area contributed by atoms with Crippen molar-refractivity contribution in [3.05, 3.63) is 65.2 Å². The average molecular weight is 308 g/mol. The lowest BCUT2D eigenvalue weighted by atomic mass is 9.84. The lowest BCUT2D eigenvalue weighted by molar-refractivity contribution is 0.112. The van der Waals surface area contributed by atoms with Crippen molar-refractivity contribution in [2.45, 2.75) is 44.4 Å². The fourth-order valence-corrected chi connectivity index (χ4v) is 3.32. The molecule has 2 nitrogen and oxygen atoms in total. The van der Waals surface area contributed by atoms with Crippen LogP contribution in [-0.4, -0.2) is 12.9 Å². The molecule has 0 radical (unpaired) electrons. The van der Waals surface area contributed by atoms with Crippen molar-refractivity contribution in [2.24, 2.45) is 0 Å². The zero-order valence-corrected chi connectivity index (χ0v) is 13.5. The Labute approximate surface area is 138 Å². The third-order valence-electron chi connectivity index (χ3n) is 4.73. The highest BCUT2D eigenvalue weighted by atomic mass is 16.5. The Bertz CT molecular complexity index is 607. The van der Waals surface area contributed by atoms with Crippen LogP contribution in [0, 0.1) is 0 Å². The van der Waals surface area contributed by atoms with E-state index in [-0.39, 0.29) is 0 Å². The van der Waals surface area contributed by atoms with Gasteiger partial charge in [0.1, 0.15) is 12.0 Å². The number of hydrogen-bond donors (Lipinski definition) is 0. The van der Waals surface area contributed by atoms with Gasteiger partial charge in [-0.15, -0.1) is 0 Å². The van der Waals surface area contributed by atoms with Crippen LogP contribution < -0.4 is 4.74 Å². The van der Waals surface area contributed by atoms with Crippen molar-refractivity contribution in [2.75, 3.05) is 6.61 Å². The summed E-state index contributed by atoms with van der Waals surface area (Å²) in [5.41, 5.74) is 3.49. The molecule has 2 aromatic rings. The molecule has 0 unspecified atom stereocenters. The van der Waals surface area contributed by atoms with Gasteiger partial charge in [-0.05, 0) is 54.2 Å². The van der Waals surface area contributed by atoms with E-state index in [1.165, 1.54) is 43.2 Å². The Balaban J connectivity index is 1.48. The van der Waals surface area contributed by atoms with Gasteiger partial charge < -0.3 is 4.74 Å². The number of rotatable bonds is 6. The largest absolute Gasteiger partial charge is 0.493 e. The molecule has 2 heteroatoms. The second-order valence-electron chi connectivity index (χ2n) is 6.36. The molecule has 0 bridgehead atoms. The summed E-state index contributed by atoms with van der Waals surface area (Å²) >= 11 is 0. The Morgan fingerprint density at radius 3 is 2.26 bits per heavy atom. The molecule has 0 aromatic heterocycles. The number of carbonyl (C=O) groups is 1.